The summed E-state index contributed by atoms with van der Waals surface area (Å²) in [7, 11) is 0. The van der Waals surface area contributed by atoms with Crippen LogP contribution in [0.15, 0.2) is 48.5 Å². The van der Waals surface area contributed by atoms with Crippen molar-refractivity contribution in [1.82, 2.24) is 5.32 Å². The Hall–Kier alpha value is -1.88. The second kappa shape index (κ2) is 8.64. The average molecular weight is 393 g/mol. The van der Waals surface area contributed by atoms with Gasteiger partial charge in [0.15, 0.2) is 0 Å². The second-order valence-electron chi connectivity index (χ2n) is 7.81. The summed E-state index contributed by atoms with van der Waals surface area (Å²) in [4.78, 5) is 0. The van der Waals surface area contributed by atoms with E-state index in [1.54, 1.807) is 24.3 Å². The largest absolute Gasteiger partial charge is 0.316 e. The maximum atomic E-state index is 14.7. The Kier molecular flexibility index (Phi) is 6.43. The number of hydrogen-bond acceptors (Lipinski definition) is 1. The third-order valence-electron chi connectivity index (χ3n) is 6.22. The molecule has 0 aromatic heterocycles. The van der Waals surface area contributed by atoms with Gasteiger partial charge in [-0.15, -0.1) is 0 Å². The van der Waals surface area contributed by atoms with Crippen LogP contribution in [0.2, 0.25) is 0 Å². The predicted molar refractivity (Wildman–Crippen MR) is 104 cm³/mol. The van der Waals surface area contributed by atoms with Gasteiger partial charge in [-0.25, -0.2) is 17.6 Å². The Morgan fingerprint density at radius 1 is 0.929 bits per heavy atom. The fraction of sp³-hybridized carbons (Fsp3) is 0.478. The summed E-state index contributed by atoms with van der Waals surface area (Å²) < 4.78 is 56.0. The quantitative estimate of drug-likeness (QED) is 0.545. The van der Waals surface area contributed by atoms with E-state index in [9.17, 15) is 17.6 Å². The van der Waals surface area contributed by atoms with Gasteiger partial charge in [0.2, 0.25) is 0 Å². The molecule has 0 amide bonds. The molecule has 1 heterocycles. The fourth-order valence-electron chi connectivity index (χ4n) is 4.36. The van der Waals surface area contributed by atoms with Crippen molar-refractivity contribution >= 4 is 0 Å². The van der Waals surface area contributed by atoms with Gasteiger partial charge < -0.3 is 5.32 Å². The molecule has 1 nitrogen and oxygen atoms in total. The fourth-order valence-corrected chi connectivity index (χ4v) is 4.36. The van der Waals surface area contributed by atoms with Crippen LogP contribution >= 0.6 is 0 Å². The molecule has 0 saturated carbocycles. The van der Waals surface area contributed by atoms with Gasteiger partial charge in [0.05, 0.1) is 0 Å². The lowest BCUT2D eigenvalue weighted by atomic mass is 9.70. The van der Waals surface area contributed by atoms with Crippen LogP contribution in [0.4, 0.5) is 17.6 Å². The number of benzene rings is 2. The summed E-state index contributed by atoms with van der Waals surface area (Å²) in [6.45, 7) is 2.51. The molecule has 1 fully saturated rings. The molecule has 0 radical (unpaired) electrons. The minimum Gasteiger partial charge on any atom is -0.316 e. The molecule has 0 bridgehead atoms. The lowest BCUT2D eigenvalue weighted by molar-refractivity contribution is -0.147. The zero-order valence-electron chi connectivity index (χ0n) is 16.2. The number of halogens is 4. The standard InChI is InChI=1S/C23H27F4N/c1-2-22(16-28-15-14-23(22,26)27)13-3-4-21(17-5-9-19(24)10-6-17)18-7-11-20(25)12-8-18/h5-12,21,28H,2-4,13-16H2,1H3/t22-/m0/s1. The van der Waals surface area contributed by atoms with Crippen molar-refractivity contribution in [2.24, 2.45) is 5.41 Å². The van der Waals surface area contributed by atoms with Gasteiger partial charge in [0.1, 0.15) is 11.6 Å². The van der Waals surface area contributed by atoms with Crippen LogP contribution < -0.4 is 5.32 Å². The SMILES string of the molecule is CC[C@]1(CCCC(c2ccc(F)cc2)c2ccc(F)cc2)CNCCC1(F)F. The van der Waals surface area contributed by atoms with Crippen molar-refractivity contribution in [2.75, 3.05) is 13.1 Å². The molecule has 1 atom stereocenters. The monoisotopic (exact) mass is 393 g/mol. The number of hydrogen-bond donors (Lipinski definition) is 1. The van der Waals surface area contributed by atoms with Crippen LogP contribution in [0.5, 0.6) is 0 Å². The van der Waals surface area contributed by atoms with Gasteiger partial charge in [-0.3, -0.25) is 0 Å². The third-order valence-corrected chi connectivity index (χ3v) is 6.22. The van der Waals surface area contributed by atoms with E-state index in [4.69, 9.17) is 0 Å². The van der Waals surface area contributed by atoms with E-state index < -0.39 is 11.3 Å². The van der Waals surface area contributed by atoms with E-state index in [0.717, 1.165) is 11.1 Å². The van der Waals surface area contributed by atoms with E-state index >= 15 is 0 Å². The summed E-state index contributed by atoms with van der Waals surface area (Å²) in [5.41, 5.74) is 0.792. The Labute approximate surface area is 164 Å². The molecule has 28 heavy (non-hydrogen) atoms. The van der Waals surface area contributed by atoms with Crippen molar-refractivity contribution in [3.05, 3.63) is 71.3 Å². The van der Waals surface area contributed by atoms with Crippen LogP contribution in [-0.2, 0) is 0 Å². The molecule has 1 saturated heterocycles. The molecule has 1 N–H and O–H groups in total. The first-order valence-electron chi connectivity index (χ1n) is 9.96. The topological polar surface area (TPSA) is 12.0 Å². The van der Waals surface area contributed by atoms with E-state index in [2.05, 4.69) is 5.32 Å². The number of rotatable bonds is 7. The summed E-state index contributed by atoms with van der Waals surface area (Å²) >= 11 is 0. The zero-order valence-corrected chi connectivity index (χ0v) is 16.2. The molecule has 0 unspecified atom stereocenters. The maximum absolute atomic E-state index is 14.7. The Morgan fingerprint density at radius 3 is 1.93 bits per heavy atom. The first kappa shape index (κ1) is 20.8. The second-order valence-corrected chi connectivity index (χ2v) is 7.81. The molecule has 2 aromatic rings. The van der Waals surface area contributed by atoms with E-state index in [-0.39, 0.29) is 24.0 Å². The van der Waals surface area contributed by atoms with Gasteiger partial charge in [0.25, 0.3) is 5.92 Å². The van der Waals surface area contributed by atoms with E-state index in [1.807, 2.05) is 6.92 Å². The molecule has 3 rings (SSSR count). The molecule has 1 aliphatic rings. The zero-order chi connectivity index (χ0) is 20.2. The van der Waals surface area contributed by atoms with Gasteiger partial charge in [-0.05, 0) is 54.7 Å². The molecule has 0 aliphatic carbocycles. The predicted octanol–water partition coefficient (Wildman–Crippen LogP) is 6.29. The van der Waals surface area contributed by atoms with Crippen molar-refractivity contribution < 1.29 is 17.6 Å². The van der Waals surface area contributed by atoms with Crippen LogP contribution in [0.25, 0.3) is 0 Å². The van der Waals surface area contributed by atoms with Gasteiger partial charge >= 0.3 is 0 Å². The third kappa shape index (κ3) is 4.40. The van der Waals surface area contributed by atoms with E-state index in [0.29, 0.717) is 38.8 Å². The first-order valence-corrected chi connectivity index (χ1v) is 9.96. The smallest absolute Gasteiger partial charge is 0.256 e. The Balaban J connectivity index is 1.78. The van der Waals surface area contributed by atoms with Gasteiger partial charge in [0, 0.05) is 30.8 Å². The first-order chi connectivity index (χ1) is 13.4. The van der Waals surface area contributed by atoms with Gasteiger partial charge in [-0.1, -0.05) is 37.6 Å². The average Bonchev–Trinajstić information content (AvgIpc) is 2.68. The van der Waals surface area contributed by atoms with E-state index in [1.165, 1.54) is 24.3 Å². The number of alkyl halides is 2. The summed E-state index contributed by atoms with van der Waals surface area (Å²) in [6.07, 6.45) is 1.98. The molecule has 1 aliphatic heterocycles. The molecular weight excluding hydrogens is 366 g/mol. The highest BCUT2D eigenvalue weighted by Crippen LogP contribution is 2.48. The molecular formula is C23H27F4N. The summed E-state index contributed by atoms with van der Waals surface area (Å²) in [5.74, 6) is -3.40. The van der Waals surface area contributed by atoms with Crippen molar-refractivity contribution in [2.45, 2.75) is 50.9 Å². The summed E-state index contributed by atoms with van der Waals surface area (Å²) in [6, 6.07) is 12.5. The number of nitrogens with one attached hydrogen (secondary N) is 1. The number of piperidine rings is 1. The lowest BCUT2D eigenvalue weighted by Crippen LogP contribution is -2.54. The lowest BCUT2D eigenvalue weighted by Gasteiger charge is -2.44. The molecule has 0 spiro atoms. The van der Waals surface area contributed by atoms with Crippen LogP contribution in [-0.4, -0.2) is 19.0 Å². The van der Waals surface area contributed by atoms with Gasteiger partial charge in [-0.2, -0.15) is 0 Å². The van der Waals surface area contributed by atoms with Crippen molar-refractivity contribution in [3.8, 4) is 0 Å². The van der Waals surface area contributed by atoms with Crippen LogP contribution in [0, 0.1) is 17.0 Å². The Bertz CT molecular complexity index is 712. The molecule has 2 aromatic carbocycles. The minimum atomic E-state index is -2.67. The summed E-state index contributed by atoms with van der Waals surface area (Å²) in [5, 5.41) is 3.13. The minimum absolute atomic E-state index is 0.0831. The highest BCUT2D eigenvalue weighted by Gasteiger charge is 2.52. The van der Waals surface area contributed by atoms with Crippen LogP contribution in [0.3, 0.4) is 0 Å². The van der Waals surface area contributed by atoms with Crippen molar-refractivity contribution in [3.63, 3.8) is 0 Å². The maximum Gasteiger partial charge on any atom is 0.256 e. The molecule has 5 heteroatoms. The Morgan fingerprint density at radius 2 is 1.46 bits per heavy atom. The highest BCUT2D eigenvalue weighted by atomic mass is 19.3. The van der Waals surface area contributed by atoms with Crippen LogP contribution in [0.1, 0.15) is 56.1 Å². The normalized spacial score (nSPS) is 21.8. The highest BCUT2D eigenvalue weighted by molar-refractivity contribution is 5.32. The molecule has 152 valence electrons. The van der Waals surface area contributed by atoms with Crippen molar-refractivity contribution in [1.29, 1.82) is 0 Å².